The van der Waals surface area contributed by atoms with E-state index in [0.29, 0.717) is 0 Å². The van der Waals surface area contributed by atoms with E-state index in [4.69, 9.17) is 4.74 Å². The molecule has 0 saturated heterocycles. The molecule has 0 radical (unpaired) electrons. The molecule has 53 valence electrons. The molecular formula is C8H11OZr. The molecule has 0 aromatic heterocycles. The van der Waals surface area contributed by atoms with Crippen molar-refractivity contribution in [3.05, 3.63) is 21.0 Å². The van der Waals surface area contributed by atoms with Crippen LogP contribution in [0.5, 0.6) is 0 Å². The molecule has 1 rings (SSSR count). The van der Waals surface area contributed by atoms with Crippen LogP contribution in [0, 0.1) is 0 Å². The molecule has 0 bridgehead atoms. The van der Waals surface area contributed by atoms with Crippen molar-refractivity contribution in [1.82, 2.24) is 0 Å². The van der Waals surface area contributed by atoms with E-state index in [1.165, 1.54) is 33.6 Å². The maximum absolute atomic E-state index is 5.21. The van der Waals surface area contributed by atoms with E-state index in [-0.39, 0.29) is 6.10 Å². The Hall–Kier alpha value is 0.323. The van der Waals surface area contributed by atoms with Crippen molar-refractivity contribution >= 4 is 0 Å². The Balaban J connectivity index is 2.70. The first kappa shape index (κ1) is 8.42. The molecule has 1 atom stereocenters. The third-order valence-electron chi connectivity index (χ3n) is 1.76. The summed E-state index contributed by atoms with van der Waals surface area (Å²) in [4.78, 5) is 0. The van der Waals surface area contributed by atoms with Crippen LogP contribution >= 0.6 is 0 Å². The molecule has 10 heavy (non-hydrogen) atoms. The van der Waals surface area contributed by atoms with Gasteiger partial charge in [0.25, 0.3) is 0 Å². The standard InChI is InChI=1S/C8H11O.Zr/c1-7(9-2)8-5-3-4-6-8;/h3,5,7H,4H2,1-2H3;. The van der Waals surface area contributed by atoms with E-state index in [1.54, 1.807) is 7.11 Å². The zero-order valence-electron chi connectivity index (χ0n) is 6.35. The third kappa shape index (κ3) is 1.68. The number of rotatable bonds is 2. The van der Waals surface area contributed by atoms with Gasteiger partial charge in [0, 0.05) is 0 Å². The van der Waals surface area contributed by atoms with Gasteiger partial charge in [0.05, 0.1) is 0 Å². The Morgan fingerprint density at radius 3 is 2.80 bits per heavy atom. The molecule has 0 saturated carbocycles. The molecule has 0 heterocycles. The average Bonchev–Trinajstić information content (AvgIpc) is 2.34. The summed E-state index contributed by atoms with van der Waals surface area (Å²) in [7, 11) is 1.76. The summed E-state index contributed by atoms with van der Waals surface area (Å²) in [6.07, 6.45) is 5.81. The molecule has 0 N–H and O–H groups in total. The fourth-order valence-corrected chi connectivity index (χ4v) is 2.02. The number of allylic oxidation sites excluding steroid dienone is 2. The minimum atomic E-state index is 0.285. The van der Waals surface area contributed by atoms with Crippen molar-refractivity contribution < 1.29 is 29.5 Å². The molecule has 0 aliphatic heterocycles. The van der Waals surface area contributed by atoms with Crippen LogP contribution in [0.4, 0.5) is 0 Å². The van der Waals surface area contributed by atoms with Crippen molar-refractivity contribution in [2.75, 3.05) is 7.11 Å². The maximum atomic E-state index is 5.21. The van der Waals surface area contributed by atoms with Gasteiger partial charge in [-0.2, -0.15) is 0 Å². The molecule has 2 heteroatoms. The number of hydrogen-bond acceptors (Lipinski definition) is 1. The van der Waals surface area contributed by atoms with Crippen LogP contribution in [0.3, 0.4) is 0 Å². The quantitative estimate of drug-likeness (QED) is 0.681. The van der Waals surface area contributed by atoms with Crippen molar-refractivity contribution in [3.63, 3.8) is 0 Å². The molecule has 0 aromatic rings. The van der Waals surface area contributed by atoms with Gasteiger partial charge in [-0.1, -0.05) is 0 Å². The van der Waals surface area contributed by atoms with Crippen molar-refractivity contribution in [1.29, 1.82) is 0 Å². The first-order valence-electron chi connectivity index (χ1n) is 3.39. The molecule has 0 fully saturated rings. The van der Waals surface area contributed by atoms with E-state index < -0.39 is 0 Å². The topological polar surface area (TPSA) is 9.23 Å². The van der Waals surface area contributed by atoms with Gasteiger partial charge in [0.1, 0.15) is 0 Å². The molecule has 1 aliphatic carbocycles. The molecule has 0 aromatic carbocycles. The van der Waals surface area contributed by atoms with Crippen molar-refractivity contribution in [2.45, 2.75) is 19.4 Å². The SMILES string of the molecule is COC(C)C1=[C]([Zr])CC=C1. The summed E-state index contributed by atoms with van der Waals surface area (Å²) >= 11 is 1.52. The zero-order chi connectivity index (χ0) is 7.56. The monoisotopic (exact) mass is 213 g/mol. The van der Waals surface area contributed by atoms with Gasteiger partial charge >= 0.3 is 77.0 Å². The number of hydrogen-bond donors (Lipinski definition) is 0. The second kappa shape index (κ2) is 3.64. The minimum absolute atomic E-state index is 0.285. The Morgan fingerprint density at radius 1 is 1.70 bits per heavy atom. The van der Waals surface area contributed by atoms with E-state index in [2.05, 4.69) is 19.1 Å². The van der Waals surface area contributed by atoms with Crippen LogP contribution in [0.25, 0.3) is 0 Å². The third-order valence-corrected chi connectivity index (χ3v) is 2.97. The fourth-order valence-electron chi connectivity index (χ4n) is 1.03. The zero-order valence-corrected chi connectivity index (χ0v) is 8.81. The second-order valence-electron chi connectivity index (χ2n) is 2.42. The number of methoxy groups -OCH3 is 1. The van der Waals surface area contributed by atoms with Crippen LogP contribution in [-0.2, 0) is 29.5 Å². The predicted octanol–water partition coefficient (Wildman–Crippen LogP) is 1.78. The van der Waals surface area contributed by atoms with E-state index >= 15 is 0 Å². The van der Waals surface area contributed by atoms with Gasteiger partial charge < -0.3 is 0 Å². The van der Waals surface area contributed by atoms with Crippen LogP contribution in [0.1, 0.15) is 13.3 Å². The van der Waals surface area contributed by atoms with Crippen LogP contribution in [0.2, 0.25) is 0 Å². The van der Waals surface area contributed by atoms with E-state index in [1.807, 2.05) is 0 Å². The van der Waals surface area contributed by atoms with Gasteiger partial charge in [0.15, 0.2) is 0 Å². The first-order valence-corrected chi connectivity index (χ1v) is 4.62. The molecule has 1 aliphatic rings. The molecule has 1 nitrogen and oxygen atoms in total. The second-order valence-corrected chi connectivity index (χ2v) is 3.90. The molecular weight excluding hydrogens is 203 g/mol. The van der Waals surface area contributed by atoms with Gasteiger partial charge in [-0.3, -0.25) is 0 Å². The van der Waals surface area contributed by atoms with Gasteiger partial charge in [-0.15, -0.1) is 0 Å². The van der Waals surface area contributed by atoms with E-state index in [9.17, 15) is 0 Å². The van der Waals surface area contributed by atoms with Crippen LogP contribution < -0.4 is 0 Å². The first-order chi connectivity index (χ1) is 4.75. The summed E-state index contributed by atoms with van der Waals surface area (Å²) < 4.78 is 6.74. The Labute approximate surface area is 77.0 Å². The van der Waals surface area contributed by atoms with Crippen molar-refractivity contribution in [3.8, 4) is 0 Å². The summed E-state index contributed by atoms with van der Waals surface area (Å²) in [6, 6.07) is 0. The van der Waals surface area contributed by atoms with Gasteiger partial charge in [-0.05, 0) is 0 Å². The van der Waals surface area contributed by atoms with Crippen LogP contribution in [0.15, 0.2) is 21.0 Å². The normalized spacial score (nSPS) is 20.1. The van der Waals surface area contributed by atoms with Crippen LogP contribution in [-0.4, -0.2) is 13.2 Å². The van der Waals surface area contributed by atoms with Gasteiger partial charge in [0.2, 0.25) is 0 Å². The molecule has 0 amide bonds. The predicted molar refractivity (Wildman–Crippen MR) is 37.3 cm³/mol. The fraction of sp³-hybridized carbons (Fsp3) is 0.500. The van der Waals surface area contributed by atoms with E-state index in [0.717, 1.165) is 6.42 Å². The average molecular weight is 214 g/mol. The summed E-state index contributed by atoms with van der Waals surface area (Å²) in [5, 5.41) is 0. The Morgan fingerprint density at radius 2 is 2.40 bits per heavy atom. The van der Waals surface area contributed by atoms with Gasteiger partial charge in [-0.25, -0.2) is 0 Å². The Bertz CT molecular complexity index is 182. The number of ether oxygens (including phenoxy) is 1. The summed E-state index contributed by atoms with van der Waals surface area (Å²) in [5.41, 5.74) is 1.39. The Kier molecular flexibility index (Phi) is 3.06. The molecule has 0 spiro atoms. The van der Waals surface area contributed by atoms with Crippen molar-refractivity contribution in [2.24, 2.45) is 0 Å². The molecule has 1 unspecified atom stereocenters. The summed E-state index contributed by atoms with van der Waals surface area (Å²) in [5.74, 6) is 0. The summed E-state index contributed by atoms with van der Waals surface area (Å²) in [6.45, 7) is 2.09.